The summed E-state index contributed by atoms with van der Waals surface area (Å²) in [7, 11) is 2.59. The first kappa shape index (κ1) is 13.2. The molecule has 0 radical (unpaired) electrons. The van der Waals surface area contributed by atoms with E-state index in [2.05, 4.69) is 14.8 Å². The van der Waals surface area contributed by atoms with Crippen LogP contribution in [0, 0.1) is 0 Å². The summed E-state index contributed by atoms with van der Waals surface area (Å²) in [5, 5.41) is 2.91. The number of hydrogen-bond donors (Lipinski definition) is 1. The number of nitrogens with one attached hydrogen (secondary N) is 1. The second kappa shape index (κ2) is 6.05. The van der Waals surface area contributed by atoms with Crippen molar-refractivity contribution < 1.29 is 23.5 Å². The van der Waals surface area contributed by atoms with Crippen LogP contribution in [0.1, 0.15) is 23.0 Å². The van der Waals surface area contributed by atoms with E-state index >= 15 is 0 Å². The lowest BCUT2D eigenvalue weighted by Gasteiger charge is -2.10. The fourth-order valence-corrected chi connectivity index (χ4v) is 1.27. The molecule has 0 fully saturated rings. The van der Waals surface area contributed by atoms with Crippen LogP contribution in [0.25, 0.3) is 0 Å². The summed E-state index contributed by atoms with van der Waals surface area (Å²) in [6, 6.07) is 1.18. The zero-order chi connectivity index (χ0) is 12.8. The third-order valence-corrected chi connectivity index (χ3v) is 2.27. The molecule has 1 aromatic heterocycles. The number of ether oxygens (including phenoxy) is 2. The minimum atomic E-state index is -0.544. The molecule has 6 heteroatoms. The molecule has 0 unspecified atom stereocenters. The highest BCUT2D eigenvalue weighted by Gasteiger charge is 2.18. The van der Waals surface area contributed by atoms with Crippen molar-refractivity contribution in [3.8, 4) is 0 Å². The molecular weight excluding hydrogens is 226 g/mol. The summed E-state index contributed by atoms with van der Waals surface area (Å²) < 4.78 is 14.1. The van der Waals surface area contributed by atoms with Crippen LogP contribution in [0.15, 0.2) is 16.7 Å². The van der Waals surface area contributed by atoms with Crippen LogP contribution in [0.2, 0.25) is 0 Å². The zero-order valence-electron chi connectivity index (χ0n) is 9.98. The van der Waals surface area contributed by atoms with Crippen molar-refractivity contribution in [3.63, 3.8) is 0 Å². The van der Waals surface area contributed by atoms with E-state index in [1.807, 2.05) is 0 Å². The van der Waals surface area contributed by atoms with Gasteiger partial charge < -0.3 is 19.2 Å². The molecule has 1 aromatic rings. The molecule has 0 amide bonds. The van der Waals surface area contributed by atoms with Crippen molar-refractivity contribution >= 4 is 11.9 Å². The van der Waals surface area contributed by atoms with Gasteiger partial charge in [-0.15, -0.1) is 0 Å². The van der Waals surface area contributed by atoms with Crippen molar-refractivity contribution in [2.24, 2.45) is 0 Å². The Hall–Kier alpha value is -1.82. The van der Waals surface area contributed by atoms with E-state index in [0.29, 0.717) is 12.1 Å². The Morgan fingerprint density at radius 3 is 2.71 bits per heavy atom. The highest BCUT2D eigenvalue weighted by Crippen LogP contribution is 2.11. The fraction of sp³-hybridized carbons (Fsp3) is 0.455. The molecule has 1 heterocycles. The van der Waals surface area contributed by atoms with E-state index in [0.717, 1.165) is 0 Å². The minimum absolute atomic E-state index is 0.136. The number of carbonyl (C=O) groups excluding carboxylic acids is 2. The SMILES string of the molecule is COC(=O)c1occc1CN[C@H](C)C(=O)OC. The molecule has 0 bridgehead atoms. The summed E-state index contributed by atoms with van der Waals surface area (Å²) in [6.45, 7) is 1.99. The number of methoxy groups -OCH3 is 2. The van der Waals surface area contributed by atoms with E-state index in [1.54, 1.807) is 13.0 Å². The molecule has 0 saturated heterocycles. The van der Waals surface area contributed by atoms with Gasteiger partial charge in [0.1, 0.15) is 6.04 Å². The third kappa shape index (κ3) is 3.32. The molecule has 0 saturated carbocycles. The monoisotopic (exact) mass is 241 g/mol. The van der Waals surface area contributed by atoms with Crippen LogP contribution in [-0.2, 0) is 20.8 Å². The van der Waals surface area contributed by atoms with Crippen LogP contribution < -0.4 is 5.32 Å². The normalized spacial score (nSPS) is 11.9. The predicted molar refractivity (Wildman–Crippen MR) is 58.4 cm³/mol. The first-order valence-corrected chi connectivity index (χ1v) is 5.06. The van der Waals surface area contributed by atoms with E-state index in [4.69, 9.17) is 4.42 Å². The average molecular weight is 241 g/mol. The van der Waals surface area contributed by atoms with Crippen LogP contribution in [0.5, 0.6) is 0 Å². The van der Waals surface area contributed by atoms with Gasteiger partial charge in [0.25, 0.3) is 0 Å². The molecule has 6 nitrogen and oxygen atoms in total. The second-order valence-electron chi connectivity index (χ2n) is 3.39. The number of hydrogen-bond acceptors (Lipinski definition) is 6. The number of esters is 2. The van der Waals surface area contributed by atoms with E-state index in [1.165, 1.54) is 20.5 Å². The molecule has 94 valence electrons. The number of carbonyl (C=O) groups is 2. The second-order valence-corrected chi connectivity index (χ2v) is 3.39. The van der Waals surface area contributed by atoms with Gasteiger partial charge in [0.05, 0.1) is 20.5 Å². The summed E-state index contributed by atoms with van der Waals surface area (Å²) in [6.07, 6.45) is 1.39. The van der Waals surface area contributed by atoms with E-state index in [-0.39, 0.29) is 11.7 Å². The maximum absolute atomic E-state index is 11.3. The molecule has 0 aromatic carbocycles. The van der Waals surface area contributed by atoms with Gasteiger partial charge >= 0.3 is 11.9 Å². The predicted octanol–water partition coefficient (Wildman–Crippen LogP) is 0.717. The number of rotatable bonds is 5. The van der Waals surface area contributed by atoms with Crippen LogP contribution in [0.3, 0.4) is 0 Å². The summed E-state index contributed by atoms with van der Waals surface area (Å²) in [5.41, 5.74) is 0.632. The topological polar surface area (TPSA) is 77.8 Å². The van der Waals surface area contributed by atoms with Crippen molar-refractivity contribution in [3.05, 3.63) is 23.7 Å². The van der Waals surface area contributed by atoms with Crippen LogP contribution >= 0.6 is 0 Å². The van der Waals surface area contributed by atoms with Gasteiger partial charge in [-0.3, -0.25) is 4.79 Å². The minimum Gasteiger partial charge on any atom is -0.468 e. The molecule has 0 aliphatic heterocycles. The van der Waals surface area contributed by atoms with Crippen molar-refractivity contribution in [1.29, 1.82) is 0 Å². The van der Waals surface area contributed by atoms with E-state index in [9.17, 15) is 9.59 Å². The lowest BCUT2D eigenvalue weighted by atomic mass is 10.2. The Morgan fingerprint density at radius 2 is 2.12 bits per heavy atom. The fourth-order valence-electron chi connectivity index (χ4n) is 1.27. The molecule has 17 heavy (non-hydrogen) atoms. The van der Waals surface area contributed by atoms with Gasteiger partial charge in [-0.2, -0.15) is 0 Å². The van der Waals surface area contributed by atoms with Crippen molar-refractivity contribution in [2.75, 3.05) is 14.2 Å². The summed E-state index contributed by atoms with van der Waals surface area (Å²) in [5.74, 6) is -0.775. The van der Waals surface area contributed by atoms with Gasteiger partial charge in [-0.25, -0.2) is 4.79 Å². The Morgan fingerprint density at radius 1 is 1.41 bits per heavy atom. The van der Waals surface area contributed by atoms with Crippen molar-refractivity contribution in [1.82, 2.24) is 5.32 Å². The van der Waals surface area contributed by atoms with Gasteiger partial charge in [0, 0.05) is 12.1 Å². The maximum Gasteiger partial charge on any atom is 0.374 e. The van der Waals surface area contributed by atoms with Gasteiger partial charge in [0.15, 0.2) is 0 Å². The summed E-state index contributed by atoms with van der Waals surface area (Å²) in [4.78, 5) is 22.4. The lowest BCUT2D eigenvalue weighted by molar-refractivity contribution is -0.142. The molecular formula is C11H15NO5. The quantitative estimate of drug-likeness (QED) is 0.765. The van der Waals surface area contributed by atoms with E-state index < -0.39 is 12.0 Å². The summed E-state index contributed by atoms with van der Waals surface area (Å²) >= 11 is 0. The molecule has 0 aliphatic carbocycles. The van der Waals surface area contributed by atoms with Crippen molar-refractivity contribution in [2.45, 2.75) is 19.5 Å². The van der Waals surface area contributed by atoms with Crippen LogP contribution in [0.4, 0.5) is 0 Å². The smallest absolute Gasteiger partial charge is 0.374 e. The zero-order valence-corrected chi connectivity index (χ0v) is 9.98. The van der Waals surface area contributed by atoms with Gasteiger partial charge in [-0.1, -0.05) is 0 Å². The standard InChI is InChI=1S/C11H15NO5/c1-7(10(13)15-2)12-6-8-4-5-17-9(8)11(14)16-3/h4-5,7,12H,6H2,1-3H3/t7-/m1/s1. The van der Waals surface area contributed by atoms with Gasteiger partial charge in [-0.05, 0) is 13.0 Å². The Kier molecular flexibility index (Phi) is 4.71. The molecule has 0 aliphatic rings. The number of furan rings is 1. The first-order chi connectivity index (χ1) is 8.10. The first-order valence-electron chi connectivity index (χ1n) is 5.06. The Bertz CT molecular complexity index is 398. The molecule has 1 N–H and O–H groups in total. The van der Waals surface area contributed by atoms with Crippen LogP contribution in [-0.4, -0.2) is 32.2 Å². The molecule has 1 rings (SSSR count). The molecule has 0 spiro atoms. The maximum atomic E-state index is 11.3. The van der Waals surface area contributed by atoms with Gasteiger partial charge in [0.2, 0.25) is 5.76 Å². The third-order valence-electron chi connectivity index (χ3n) is 2.27. The molecule has 1 atom stereocenters. The highest BCUT2D eigenvalue weighted by molar-refractivity contribution is 5.87. The Balaban J connectivity index is 2.61. The highest BCUT2D eigenvalue weighted by atomic mass is 16.5. The average Bonchev–Trinajstić information content (AvgIpc) is 2.82. The Labute approximate surface area is 98.9 Å². The lowest BCUT2D eigenvalue weighted by Crippen LogP contribution is -2.34. The largest absolute Gasteiger partial charge is 0.468 e.